The molecule has 106 valence electrons. The van der Waals surface area contributed by atoms with E-state index in [0.717, 1.165) is 25.0 Å². The van der Waals surface area contributed by atoms with Crippen LogP contribution in [0, 0.1) is 5.92 Å². The maximum Gasteiger partial charge on any atom is 0.138 e. The molecule has 2 unspecified atom stereocenters. The minimum Gasteiger partial charge on any atom is -0.486 e. The Kier molecular flexibility index (Phi) is 5.08. The Balaban J connectivity index is 2.07. The van der Waals surface area contributed by atoms with Crippen molar-refractivity contribution in [3.05, 3.63) is 28.8 Å². The molecule has 1 aromatic rings. The number of hydrogen-bond donors (Lipinski definition) is 1. The molecule has 0 radical (unpaired) electrons. The zero-order valence-electron chi connectivity index (χ0n) is 11.4. The summed E-state index contributed by atoms with van der Waals surface area (Å²) in [5.41, 5.74) is 0.842. The molecular formula is C15H21ClO3. The van der Waals surface area contributed by atoms with Crippen LogP contribution in [0.5, 0.6) is 5.75 Å². The summed E-state index contributed by atoms with van der Waals surface area (Å²) in [5.74, 6) is 0.878. The van der Waals surface area contributed by atoms with E-state index in [4.69, 9.17) is 21.1 Å². The van der Waals surface area contributed by atoms with Gasteiger partial charge in [0.25, 0.3) is 0 Å². The first-order valence-corrected chi connectivity index (χ1v) is 7.21. The molecule has 4 heteroatoms. The molecule has 0 spiro atoms. The number of benzene rings is 1. The summed E-state index contributed by atoms with van der Waals surface area (Å²) in [4.78, 5) is 0. The van der Waals surface area contributed by atoms with E-state index in [-0.39, 0.29) is 12.0 Å². The highest BCUT2D eigenvalue weighted by Crippen LogP contribution is 2.32. The van der Waals surface area contributed by atoms with Gasteiger partial charge in [0.05, 0.1) is 24.3 Å². The maximum absolute atomic E-state index is 10.2. The number of hydrogen-bond acceptors (Lipinski definition) is 3. The van der Waals surface area contributed by atoms with Gasteiger partial charge in [-0.15, -0.1) is 0 Å². The van der Waals surface area contributed by atoms with E-state index in [1.165, 1.54) is 0 Å². The molecule has 0 aliphatic carbocycles. The predicted molar refractivity (Wildman–Crippen MR) is 75.7 cm³/mol. The van der Waals surface area contributed by atoms with Crippen LogP contribution in [0.2, 0.25) is 5.02 Å². The SMILES string of the molecule is CC[C@@H](C)C(O)c1ccc(OC2CCOC2)c(Cl)c1. The maximum atomic E-state index is 10.2. The van der Waals surface area contributed by atoms with Gasteiger partial charge in [0.2, 0.25) is 0 Å². The van der Waals surface area contributed by atoms with Crippen molar-refractivity contribution in [1.29, 1.82) is 0 Å². The van der Waals surface area contributed by atoms with Crippen LogP contribution < -0.4 is 4.74 Å². The second kappa shape index (κ2) is 6.60. The van der Waals surface area contributed by atoms with Gasteiger partial charge in [-0.05, 0) is 23.6 Å². The molecule has 1 aliphatic rings. The summed E-state index contributed by atoms with van der Waals surface area (Å²) in [5, 5.41) is 10.7. The zero-order valence-corrected chi connectivity index (χ0v) is 12.2. The Morgan fingerprint density at radius 2 is 2.32 bits per heavy atom. The van der Waals surface area contributed by atoms with Gasteiger partial charge in [0.1, 0.15) is 11.9 Å². The van der Waals surface area contributed by atoms with Gasteiger partial charge in [-0.2, -0.15) is 0 Å². The van der Waals surface area contributed by atoms with Crippen molar-refractivity contribution < 1.29 is 14.6 Å². The van der Waals surface area contributed by atoms with Gasteiger partial charge in [0.15, 0.2) is 0 Å². The van der Waals surface area contributed by atoms with Gasteiger partial charge < -0.3 is 14.6 Å². The lowest BCUT2D eigenvalue weighted by atomic mass is 9.95. The summed E-state index contributed by atoms with van der Waals surface area (Å²) in [6.07, 6.45) is 1.43. The van der Waals surface area contributed by atoms with Crippen LogP contribution in [-0.2, 0) is 4.74 Å². The van der Waals surface area contributed by atoms with Crippen LogP contribution in [-0.4, -0.2) is 24.4 Å². The first-order chi connectivity index (χ1) is 9.11. The van der Waals surface area contributed by atoms with Gasteiger partial charge in [0, 0.05) is 6.42 Å². The third kappa shape index (κ3) is 3.62. The van der Waals surface area contributed by atoms with Gasteiger partial charge in [-0.25, -0.2) is 0 Å². The molecular weight excluding hydrogens is 264 g/mol. The number of aliphatic hydroxyl groups is 1. The highest BCUT2D eigenvalue weighted by molar-refractivity contribution is 6.32. The smallest absolute Gasteiger partial charge is 0.138 e. The molecule has 1 fully saturated rings. The Labute approximate surface area is 119 Å². The number of aliphatic hydroxyl groups excluding tert-OH is 1. The van der Waals surface area contributed by atoms with Crippen LogP contribution in [0.4, 0.5) is 0 Å². The van der Waals surface area contributed by atoms with E-state index in [1.54, 1.807) is 6.07 Å². The largest absolute Gasteiger partial charge is 0.486 e. The fourth-order valence-electron chi connectivity index (χ4n) is 2.13. The van der Waals surface area contributed by atoms with Crippen molar-refractivity contribution in [2.45, 2.75) is 38.9 Å². The first kappa shape index (κ1) is 14.6. The van der Waals surface area contributed by atoms with Crippen LogP contribution in [0.25, 0.3) is 0 Å². The Bertz CT molecular complexity index is 416. The van der Waals surface area contributed by atoms with Gasteiger partial charge >= 0.3 is 0 Å². The lowest BCUT2D eigenvalue weighted by Gasteiger charge is -2.19. The van der Waals surface area contributed by atoms with Gasteiger partial charge in [-0.1, -0.05) is 37.9 Å². The van der Waals surface area contributed by atoms with Crippen LogP contribution in [0.3, 0.4) is 0 Å². The Morgan fingerprint density at radius 1 is 1.53 bits per heavy atom. The lowest BCUT2D eigenvalue weighted by Crippen LogP contribution is -2.16. The highest BCUT2D eigenvalue weighted by Gasteiger charge is 2.20. The standard InChI is InChI=1S/C15H21ClO3/c1-3-10(2)15(17)11-4-5-14(13(16)8-11)19-12-6-7-18-9-12/h4-5,8,10,12,15,17H,3,6-7,9H2,1-2H3/t10-,12?,15?/m1/s1. The number of rotatable bonds is 5. The van der Waals surface area contributed by atoms with E-state index in [1.807, 2.05) is 19.1 Å². The van der Waals surface area contributed by atoms with Crippen molar-refractivity contribution in [2.75, 3.05) is 13.2 Å². The zero-order chi connectivity index (χ0) is 13.8. The molecule has 1 N–H and O–H groups in total. The highest BCUT2D eigenvalue weighted by atomic mass is 35.5. The molecule has 1 aliphatic heterocycles. The summed E-state index contributed by atoms with van der Waals surface area (Å²) >= 11 is 6.22. The monoisotopic (exact) mass is 284 g/mol. The molecule has 3 atom stereocenters. The van der Waals surface area contributed by atoms with Crippen molar-refractivity contribution >= 4 is 11.6 Å². The molecule has 1 aromatic carbocycles. The predicted octanol–water partition coefficient (Wildman–Crippen LogP) is 3.59. The molecule has 2 rings (SSSR count). The molecule has 1 heterocycles. The van der Waals surface area contributed by atoms with Crippen LogP contribution in [0.1, 0.15) is 38.4 Å². The van der Waals surface area contributed by atoms with E-state index < -0.39 is 6.10 Å². The molecule has 0 saturated carbocycles. The molecule has 19 heavy (non-hydrogen) atoms. The van der Waals surface area contributed by atoms with E-state index in [9.17, 15) is 5.11 Å². The average Bonchev–Trinajstić information content (AvgIpc) is 2.92. The van der Waals surface area contributed by atoms with Crippen LogP contribution in [0.15, 0.2) is 18.2 Å². The molecule has 3 nitrogen and oxygen atoms in total. The Morgan fingerprint density at radius 3 is 2.89 bits per heavy atom. The van der Waals surface area contributed by atoms with Crippen molar-refractivity contribution in [3.8, 4) is 5.75 Å². The molecule has 0 aromatic heterocycles. The normalized spacial score (nSPS) is 22.2. The summed E-state index contributed by atoms with van der Waals surface area (Å²) in [7, 11) is 0. The van der Waals surface area contributed by atoms with Crippen LogP contribution >= 0.6 is 11.6 Å². The number of halogens is 1. The van der Waals surface area contributed by atoms with Crippen molar-refractivity contribution in [2.24, 2.45) is 5.92 Å². The summed E-state index contributed by atoms with van der Waals surface area (Å²) < 4.78 is 11.1. The van der Waals surface area contributed by atoms with E-state index in [2.05, 4.69) is 6.92 Å². The third-order valence-electron chi connectivity index (χ3n) is 3.66. The average molecular weight is 285 g/mol. The fraction of sp³-hybridized carbons (Fsp3) is 0.600. The quantitative estimate of drug-likeness (QED) is 0.898. The fourth-order valence-corrected chi connectivity index (χ4v) is 2.37. The minimum absolute atomic E-state index is 0.0860. The summed E-state index contributed by atoms with van der Waals surface area (Å²) in [6, 6.07) is 5.51. The molecule has 1 saturated heterocycles. The topological polar surface area (TPSA) is 38.7 Å². The van der Waals surface area contributed by atoms with E-state index in [0.29, 0.717) is 17.4 Å². The second-order valence-corrected chi connectivity index (χ2v) is 5.53. The summed E-state index contributed by atoms with van der Waals surface area (Å²) in [6.45, 7) is 5.45. The molecule has 0 amide bonds. The lowest BCUT2D eigenvalue weighted by molar-refractivity contribution is 0.115. The second-order valence-electron chi connectivity index (χ2n) is 5.12. The Hall–Kier alpha value is -0.770. The minimum atomic E-state index is -0.480. The molecule has 0 bridgehead atoms. The van der Waals surface area contributed by atoms with Crippen molar-refractivity contribution in [1.82, 2.24) is 0 Å². The third-order valence-corrected chi connectivity index (χ3v) is 3.96. The number of ether oxygens (including phenoxy) is 2. The first-order valence-electron chi connectivity index (χ1n) is 6.83. The van der Waals surface area contributed by atoms with Crippen molar-refractivity contribution in [3.63, 3.8) is 0 Å². The van der Waals surface area contributed by atoms with E-state index >= 15 is 0 Å². The van der Waals surface area contributed by atoms with Gasteiger partial charge in [-0.3, -0.25) is 0 Å².